The third kappa shape index (κ3) is 2.70. The Morgan fingerprint density at radius 3 is 2.95 bits per heavy atom. The molecule has 0 spiro atoms. The number of ether oxygens (including phenoxy) is 1. The monoisotopic (exact) mass is 273 g/mol. The predicted molar refractivity (Wildman–Crippen MR) is 71.3 cm³/mol. The Morgan fingerprint density at radius 1 is 1.30 bits per heavy atom. The Balaban J connectivity index is 1.65. The van der Waals surface area contributed by atoms with Crippen LogP contribution in [0.2, 0.25) is 0 Å². The summed E-state index contributed by atoms with van der Waals surface area (Å²) in [4.78, 5) is 9.69. The number of rotatable bonds is 5. The van der Waals surface area contributed by atoms with E-state index in [9.17, 15) is 0 Å². The molecule has 104 valence electrons. The van der Waals surface area contributed by atoms with Crippen molar-refractivity contribution in [2.45, 2.75) is 18.9 Å². The van der Waals surface area contributed by atoms with E-state index in [0.717, 1.165) is 11.3 Å². The Morgan fingerprint density at radius 2 is 2.15 bits per heavy atom. The molecule has 0 amide bonds. The van der Waals surface area contributed by atoms with Gasteiger partial charge in [-0.05, 0) is 5.56 Å². The smallest absolute Gasteiger partial charge is 0.270 e. The molecule has 0 bridgehead atoms. The Kier molecular flexibility index (Phi) is 3.73. The summed E-state index contributed by atoms with van der Waals surface area (Å²) < 4.78 is 10.2. The maximum Gasteiger partial charge on any atom is 0.270 e. The molecule has 20 heavy (non-hydrogen) atoms. The van der Waals surface area contributed by atoms with Crippen molar-refractivity contribution in [1.29, 1.82) is 0 Å². The lowest BCUT2D eigenvalue weighted by molar-refractivity contribution is 0.0599. The second kappa shape index (κ2) is 5.83. The number of nitrogens with zero attached hydrogens (tertiary/aromatic N) is 3. The molecular weight excluding hydrogens is 258 g/mol. The van der Waals surface area contributed by atoms with E-state index in [4.69, 9.17) is 14.1 Å². The van der Waals surface area contributed by atoms with Crippen LogP contribution >= 0.6 is 0 Å². The van der Waals surface area contributed by atoms with Crippen molar-refractivity contribution in [3.05, 3.63) is 47.6 Å². The highest BCUT2D eigenvalue weighted by atomic mass is 16.7. The van der Waals surface area contributed by atoms with Gasteiger partial charge in [0.15, 0.2) is 5.82 Å². The second-order valence-electron chi connectivity index (χ2n) is 4.49. The van der Waals surface area contributed by atoms with Crippen LogP contribution < -0.4 is 0 Å². The van der Waals surface area contributed by atoms with Crippen LogP contribution in [0.3, 0.4) is 0 Å². The Labute approximate surface area is 116 Å². The molecule has 0 N–H and O–H groups in total. The van der Waals surface area contributed by atoms with Crippen molar-refractivity contribution in [3.63, 3.8) is 0 Å². The molecular formula is C14H15N3O3. The van der Waals surface area contributed by atoms with Crippen LogP contribution in [0, 0.1) is 0 Å². The Hall–Kier alpha value is -2.21. The van der Waals surface area contributed by atoms with Crippen molar-refractivity contribution >= 4 is 5.71 Å². The molecule has 1 atom stereocenters. The van der Waals surface area contributed by atoms with Crippen LogP contribution in [0.1, 0.15) is 29.8 Å². The number of hydrogen-bond acceptors (Lipinski definition) is 6. The minimum Gasteiger partial charge on any atom is -0.384 e. The molecule has 1 aromatic heterocycles. The molecule has 0 saturated carbocycles. The van der Waals surface area contributed by atoms with Crippen LogP contribution in [0.5, 0.6) is 0 Å². The van der Waals surface area contributed by atoms with Gasteiger partial charge < -0.3 is 14.1 Å². The number of oxime groups is 1. The van der Waals surface area contributed by atoms with Gasteiger partial charge in [0.05, 0.1) is 12.3 Å². The fraction of sp³-hybridized carbons (Fsp3) is 0.357. The zero-order valence-corrected chi connectivity index (χ0v) is 11.2. The largest absolute Gasteiger partial charge is 0.384 e. The summed E-state index contributed by atoms with van der Waals surface area (Å²) in [5.74, 6) is 1.09. The number of hydrogen-bond donors (Lipinski definition) is 0. The van der Waals surface area contributed by atoms with E-state index in [1.807, 2.05) is 30.3 Å². The summed E-state index contributed by atoms with van der Waals surface area (Å²) in [7, 11) is 1.64. The van der Waals surface area contributed by atoms with Crippen LogP contribution in [-0.4, -0.2) is 29.6 Å². The normalized spacial score (nSPS) is 17.9. The van der Waals surface area contributed by atoms with Gasteiger partial charge >= 0.3 is 0 Å². The Bertz CT molecular complexity index is 595. The van der Waals surface area contributed by atoms with Gasteiger partial charge in [0.25, 0.3) is 5.89 Å². The van der Waals surface area contributed by atoms with Crippen LogP contribution in [0.25, 0.3) is 0 Å². The molecule has 0 aliphatic carbocycles. The van der Waals surface area contributed by atoms with E-state index < -0.39 is 0 Å². The number of aromatic nitrogens is 2. The first-order valence-electron chi connectivity index (χ1n) is 6.46. The SMILES string of the molecule is COCCc1noc(C2CC(c3ccccc3)=NO2)n1. The molecule has 1 aromatic carbocycles. The van der Waals surface area contributed by atoms with Crippen molar-refractivity contribution in [3.8, 4) is 0 Å². The third-order valence-electron chi connectivity index (χ3n) is 3.06. The highest BCUT2D eigenvalue weighted by Crippen LogP contribution is 2.28. The first kappa shape index (κ1) is 12.8. The molecule has 6 nitrogen and oxygen atoms in total. The quantitative estimate of drug-likeness (QED) is 0.834. The van der Waals surface area contributed by atoms with Gasteiger partial charge in [-0.15, -0.1) is 0 Å². The van der Waals surface area contributed by atoms with E-state index in [1.54, 1.807) is 7.11 Å². The average molecular weight is 273 g/mol. The summed E-state index contributed by atoms with van der Waals surface area (Å²) in [6.45, 7) is 0.566. The summed E-state index contributed by atoms with van der Waals surface area (Å²) in [5, 5.41) is 8.00. The van der Waals surface area contributed by atoms with Gasteiger partial charge in [-0.1, -0.05) is 40.6 Å². The maximum atomic E-state index is 5.38. The zero-order chi connectivity index (χ0) is 13.8. The first-order valence-corrected chi connectivity index (χ1v) is 6.46. The highest BCUT2D eigenvalue weighted by Gasteiger charge is 2.28. The van der Waals surface area contributed by atoms with Crippen LogP contribution in [-0.2, 0) is 16.0 Å². The summed E-state index contributed by atoms with van der Waals surface area (Å²) in [6, 6.07) is 9.92. The molecule has 2 aromatic rings. The van der Waals surface area contributed by atoms with Crippen molar-refractivity contribution < 1.29 is 14.1 Å². The van der Waals surface area contributed by atoms with Gasteiger partial charge in [-0.2, -0.15) is 4.98 Å². The zero-order valence-electron chi connectivity index (χ0n) is 11.2. The van der Waals surface area contributed by atoms with Gasteiger partial charge in [0, 0.05) is 20.0 Å². The topological polar surface area (TPSA) is 69.7 Å². The third-order valence-corrected chi connectivity index (χ3v) is 3.06. The first-order chi connectivity index (χ1) is 9.86. The minimum atomic E-state index is -0.297. The predicted octanol–water partition coefficient (Wildman–Crippen LogP) is 2.12. The van der Waals surface area contributed by atoms with Gasteiger partial charge in [0.2, 0.25) is 6.10 Å². The molecule has 0 radical (unpaired) electrons. The van der Waals surface area contributed by atoms with Gasteiger partial charge in [0.1, 0.15) is 0 Å². The average Bonchev–Trinajstić information content (AvgIpc) is 3.15. The minimum absolute atomic E-state index is 0.297. The number of benzene rings is 1. The van der Waals surface area contributed by atoms with Crippen molar-refractivity contribution in [2.24, 2.45) is 5.16 Å². The fourth-order valence-corrected chi connectivity index (χ4v) is 2.00. The molecule has 1 unspecified atom stereocenters. The lowest BCUT2D eigenvalue weighted by atomic mass is 10.1. The van der Waals surface area contributed by atoms with E-state index in [1.165, 1.54) is 0 Å². The van der Waals surface area contributed by atoms with E-state index in [0.29, 0.717) is 31.2 Å². The van der Waals surface area contributed by atoms with Crippen molar-refractivity contribution in [1.82, 2.24) is 10.1 Å². The summed E-state index contributed by atoms with van der Waals surface area (Å²) in [5.41, 5.74) is 1.95. The molecule has 2 heterocycles. The summed E-state index contributed by atoms with van der Waals surface area (Å²) >= 11 is 0. The molecule has 1 aliphatic rings. The lowest BCUT2D eigenvalue weighted by Crippen LogP contribution is -2.02. The van der Waals surface area contributed by atoms with E-state index >= 15 is 0 Å². The molecule has 0 saturated heterocycles. The lowest BCUT2D eigenvalue weighted by Gasteiger charge is -2.00. The van der Waals surface area contributed by atoms with Crippen LogP contribution in [0.15, 0.2) is 40.0 Å². The molecule has 1 aliphatic heterocycles. The van der Waals surface area contributed by atoms with Crippen molar-refractivity contribution in [2.75, 3.05) is 13.7 Å². The molecule has 0 fully saturated rings. The summed E-state index contributed by atoms with van der Waals surface area (Å²) in [6.07, 6.45) is 0.962. The standard InChI is InChI=1S/C14H15N3O3/c1-18-8-7-13-15-14(20-17-13)12-9-11(16-19-12)10-5-3-2-4-6-10/h2-6,12H,7-9H2,1H3. The second-order valence-corrected chi connectivity index (χ2v) is 4.49. The maximum absolute atomic E-state index is 5.38. The van der Waals surface area contributed by atoms with E-state index in [2.05, 4.69) is 15.3 Å². The molecule has 6 heteroatoms. The van der Waals surface area contributed by atoms with Crippen LogP contribution in [0.4, 0.5) is 0 Å². The fourth-order valence-electron chi connectivity index (χ4n) is 2.00. The highest BCUT2D eigenvalue weighted by molar-refractivity contribution is 6.01. The number of methoxy groups -OCH3 is 1. The molecule has 3 rings (SSSR count). The van der Waals surface area contributed by atoms with Gasteiger partial charge in [-0.25, -0.2) is 0 Å². The van der Waals surface area contributed by atoms with E-state index in [-0.39, 0.29) is 6.10 Å². The van der Waals surface area contributed by atoms with Gasteiger partial charge in [-0.3, -0.25) is 0 Å².